The monoisotopic (exact) mass is 487 g/mol. The Morgan fingerprint density at radius 3 is 2.31 bits per heavy atom. The van der Waals surface area contributed by atoms with Crippen LogP contribution in [0.3, 0.4) is 0 Å². The molecule has 0 bridgehead atoms. The fourth-order valence-electron chi connectivity index (χ4n) is 3.34. The third-order valence-corrected chi connectivity index (χ3v) is 6.34. The lowest BCUT2D eigenvalue weighted by molar-refractivity contribution is -0.142. The third-order valence-electron chi connectivity index (χ3n) is 4.85. The van der Waals surface area contributed by atoms with E-state index in [1.807, 2.05) is 6.92 Å². The fourth-order valence-corrected chi connectivity index (χ4v) is 4.63. The summed E-state index contributed by atoms with van der Waals surface area (Å²) in [6.45, 7) is 5.39. The number of carbonyl (C=O) groups is 4. The van der Waals surface area contributed by atoms with Crippen LogP contribution in [0.15, 0.2) is 11.1 Å². The van der Waals surface area contributed by atoms with E-state index in [1.165, 1.54) is 6.92 Å². The molecule has 2 rings (SSSR count). The predicted octanol–water partition coefficient (Wildman–Crippen LogP) is 4.74. The second-order valence-corrected chi connectivity index (χ2v) is 8.56. The number of hydrogen-bond donors (Lipinski definition) is 0. The standard InChI is InChI=1S/C22H27ClFNO6S/c1-4-11-31-22(29)14-10-8-7-9-13(14)21(28)25(16(26)5-2)19-18(23)15(32-20(19)24)12-17(27)30-6-3/h4-12H2,1-3H3. The van der Waals surface area contributed by atoms with E-state index in [2.05, 4.69) is 0 Å². The zero-order valence-corrected chi connectivity index (χ0v) is 20.0. The number of carbonyl (C=O) groups excluding carboxylic acids is 4. The van der Waals surface area contributed by atoms with Crippen molar-refractivity contribution in [1.29, 1.82) is 0 Å². The SMILES string of the molecule is CCCOC(=O)C1=C(C(=O)N(C(=O)CC)c2c(F)sc(CC(=O)OCC)c2Cl)CCCC1. The summed E-state index contributed by atoms with van der Waals surface area (Å²) in [7, 11) is 0. The molecule has 176 valence electrons. The van der Waals surface area contributed by atoms with E-state index in [-0.39, 0.29) is 53.5 Å². The van der Waals surface area contributed by atoms with Crippen molar-refractivity contribution in [3.8, 4) is 0 Å². The van der Waals surface area contributed by atoms with Crippen molar-refractivity contribution in [2.75, 3.05) is 18.1 Å². The van der Waals surface area contributed by atoms with Crippen molar-refractivity contribution in [3.63, 3.8) is 0 Å². The van der Waals surface area contributed by atoms with Gasteiger partial charge in [0, 0.05) is 22.4 Å². The molecule has 0 fully saturated rings. The number of amides is 2. The summed E-state index contributed by atoms with van der Waals surface area (Å²) in [6.07, 6.45) is 2.21. The molecule has 0 radical (unpaired) electrons. The molecule has 1 aromatic heterocycles. The quantitative estimate of drug-likeness (QED) is 0.467. The van der Waals surface area contributed by atoms with E-state index >= 15 is 0 Å². The molecule has 7 nitrogen and oxygen atoms in total. The maximum absolute atomic E-state index is 14.9. The largest absolute Gasteiger partial charge is 0.466 e. The normalized spacial score (nSPS) is 13.7. The van der Waals surface area contributed by atoms with Gasteiger partial charge in [0.15, 0.2) is 0 Å². The van der Waals surface area contributed by atoms with Crippen LogP contribution in [0.4, 0.5) is 10.1 Å². The van der Waals surface area contributed by atoms with Crippen LogP contribution in [0.1, 0.15) is 64.2 Å². The van der Waals surface area contributed by atoms with Gasteiger partial charge >= 0.3 is 11.9 Å². The zero-order chi connectivity index (χ0) is 23.8. The van der Waals surface area contributed by atoms with Crippen LogP contribution in [0, 0.1) is 5.13 Å². The Morgan fingerprint density at radius 2 is 1.72 bits per heavy atom. The van der Waals surface area contributed by atoms with Crippen LogP contribution >= 0.6 is 22.9 Å². The van der Waals surface area contributed by atoms with E-state index in [0.29, 0.717) is 41.9 Å². The molecule has 1 aliphatic carbocycles. The first-order valence-electron chi connectivity index (χ1n) is 10.6. The van der Waals surface area contributed by atoms with Crippen LogP contribution in [-0.2, 0) is 35.1 Å². The van der Waals surface area contributed by atoms with Crippen LogP contribution in [0.5, 0.6) is 0 Å². The molecule has 0 saturated carbocycles. The summed E-state index contributed by atoms with van der Waals surface area (Å²) in [5.74, 6) is -2.66. The van der Waals surface area contributed by atoms with Gasteiger partial charge in [-0.15, -0.1) is 11.3 Å². The Labute approximate surface area is 195 Å². The van der Waals surface area contributed by atoms with E-state index < -0.39 is 34.6 Å². The maximum atomic E-state index is 14.9. The highest BCUT2D eigenvalue weighted by Gasteiger charge is 2.35. The topological polar surface area (TPSA) is 90.0 Å². The van der Waals surface area contributed by atoms with Gasteiger partial charge in [0.25, 0.3) is 5.91 Å². The number of ether oxygens (including phenoxy) is 2. The predicted molar refractivity (Wildman–Crippen MR) is 119 cm³/mol. The second-order valence-electron chi connectivity index (χ2n) is 7.13. The summed E-state index contributed by atoms with van der Waals surface area (Å²) in [6, 6.07) is 0. The van der Waals surface area contributed by atoms with Gasteiger partial charge in [0.2, 0.25) is 11.0 Å². The highest BCUT2D eigenvalue weighted by molar-refractivity contribution is 7.11. The average Bonchev–Trinajstić information content (AvgIpc) is 3.05. The summed E-state index contributed by atoms with van der Waals surface area (Å²) in [4.78, 5) is 51.4. The third kappa shape index (κ3) is 5.95. The molecule has 32 heavy (non-hydrogen) atoms. The number of rotatable bonds is 9. The molecule has 2 amide bonds. The minimum absolute atomic E-state index is 0.0898. The lowest BCUT2D eigenvalue weighted by Gasteiger charge is -2.25. The molecule has 0 spiro atoms. The molecule has 1 heterocycles. The minimum atomic E-state index is -0.865. The number of nitrogens with zero attached hydrogens (tertiary/aromatic N) is 1. The van der Waals surface area contributed by atoms with Gasteiger partial charge in [-0.25, -0.2) is 9.69 Å². The Balaban J connectivity index is 2.50. The number of thiophene rings is 1. The summed E-state index contributed by atoms with van der Waals surface area (Å²) in [5, 5.41) is -1.06. The molecule has 0 aliphatic heterocycles. The number of anilines is 1. The molecular weight excluding hydrogens is 461 g/mol. The van der Waals surface area contributed by atoms with Crippen molar-refractivity contribution < 1.29 is 33.0 Å². The van der Waals surface area contributed by atoms with Crippen molar-refractivity contribution >= 4 is 52.4 Å². The second kappa shape index (κ2) is 12.1. The number of imide groups is 1. The zero-order valence-electron chi connectivity index (χ0n) is 18.4. The molecule has 0 atom stereocenters. The van der Waals surface area contributed by atoms with Crippen molar-refractivity contribution in [1.82, 2.24) is 0 Å². The van der Waals surface area contributed by atoms with E-state index in [9.17, 15) is 23.6 Å². The smallest absolute Gasteiger partial charge is 0.334 e. The summed E-state index contributed by atoms with van der Waals surface area (Å²) < 4.78 is 25.0. The van der Waals surface area contributed by atoms with E-state index in [4.69, 9.17) is 21.1 Å². The molecular formula is C22H27ClFNO6S. The lowest BCUT2D eigenvalue weighted by atomic mass is 9.90. The van der Waals surface area contributed by atoms with Crippen LogP contribution in [0.25, 0.3) is 0 Å². The molecule has 1 aliphatic rings. The van der Waals surface area contributed by atoms with Gasteiger partial charge in [0.05, 0.1) is 24.7 Å². The van der Waals surface area contributed by atoms with Crippen molar-refractivity contribution in [2.24, 2.45) is 0 Å². The number of esters is 2. The van der Waals surface area contributed by atoms with Gasteiger partial charge in [-0.1, -0.05) is 25.4 Å². The number of halogens is 2. The summed E-state index contributed by atoms with van der Waals surface area (Å²) in [5.41, 5.74) is -0.0537. The van der Waals surface area contributed by atoms with Gasteiger partial charge in [-0.2, -0.15) is 4.39 Å². The van der Waals surface area contributed by atoms with Crippen LogP contribution in [-0.4, -0.2) is 37.0 Å². The molecule has 1 aromatic rings. The Morgan fingerprint density at radius 1 is 1.06 bits per heavy atom. The molecule has 0 unspecified atom stereocenters. The van der Waals surface area contributed by atoms with Gasteiger partial charge in [-0.3, -0.25) is 14.4 Å². The first-order valence-corrected chi connectivity index (χ1v) is 11.8. The van der Waals surface area contributed by atoms with Crippen molar-refractivity contribution in [3.05, 3.63) is 26.2 Å². The Kier molecular flexibility index (Phi) is 9.84. The first kappa shape index (κ1) is 26.0. The maximum Gasteiger partial charge on any atom is 0.334 e. The highest BCUT2D eigenvalue weighted by atomic mass is 35.5. The van der Waals surface area contributed by atoms with Crippen LogP contribution in [0.2, 0.25) is 5.02 Å². The van der Waals surface area contributed by atoms with Crippen molar-refractivity contribution in [2.45, 2.75) is 65.7 Å². The van der Waals surface area contributed by atoms with Gasteiger partial charge < -0.3 is 9.47 Å². The lowest BCUT2D eigenvalue weighted by Crippen LogP contribution is -2.39. The van der Waals surface area contributed by atoms with Gasteiger partial charge in [0.1, 0.15) is 5.69 Å². The molecule has 0 N–H and O–H groups in total. The molecule has 0 saturated heterocycles. The van der Waals surface area contributed by atoms with E-state index in [0.717, 1.165) is 0 Å². The minimum Gasteiger partial charge on any atom is -0.466 e. The molecule has 0 aromatic carbocycles. The van der Waals surface area contributed by atoms with Gasteiger partial charge in [-0.05, 0) is 39.0 Å². The first-order chi connectivity index (χ1) is 15.3. The fraction of sp³-hybridized carbons (Fsp3) is 0.545. The molecule has 10 heteroatoms. The van der Waals surface area contributed by atoms with Crippen LogP contribution < -0.4 is 4.90 Å². The van der Waals surface area contributed by atoms with E-state index in [1.54, 1.807) is 6.92 Å². The Bertz CT molecular complexity index is 926. The number of hydrogen-bond acceptors (Lipinski definition) is 7. The average molecular weight is 488 g/mol. The highest BCUT2D eigenvalue weighted by Crippen LogP contribution is 2.41. The summed E-state index contributed by atoms with van der Waals surface area (Å²) >= 11 is 6.91. The Hall–Kier alpha value is -2.26.